The van der Waals surface area contributed by atoms with Gasteiger partial charge in [-0.25, -0.2) is 4.98 Å². The lowest BCUT2D eigenvalue weighted by atomic mass is 10.1. The number of imidazole rings is 1. The molecule has 0 spiro atoms. The Labute approximate surface area is 96.7 Å². The number of hydrogen-bond acceptors (Lipinski definition) is 6. The molecule has 0 bridgehead atoms. The van der Waals surface area contributed by atoms with E-state index in [0.29, 0.717) is 17.2 Å². The minimum absolute atomic E-state index is 0.0967. The van der Waals surface area contributed by atoms with Crippen molar-refractivity contribution in [3.63, 3.8) is 0 Å². The zero-order valence-electron chi connectivity index (χ0n) is 8.95. The fraction of sp³-hybridized carbons (Fsp3) is 0.400. The van der Waals surface area contributed by atoms with Crippen LogP contribution in [0.2, 0.25) is 0 Å². The highest BCUT2D eigenvalue weighted by Crippen LogP contribution is 2.20. The highest BCUT2D eigenvalue weighted by Gasteiger charge is 2.20. The van der Waals surface area contributed by atoms with Crippen LogP contribution < -0.4 is 0 Å². The summed E-state index contributed by atoms with van der Waals surface area (Å²) in [7, 11) is 0. The molecule has 92 valence electrons. The minimum Gasteiger partial charge on any atom is -0.396 e. The summed E-state index contributed by atoms with van der Waals surface area (Å²) in [5, 5.41) is 31.6. The van der Waals surface area contributed by atoms with Crippen molar-refractivity contribution < 1.29 is 19.8 Å². The van der Waals surface area contributed by atoms with Gasteiger partial charge in [0.1, 0.15) is 18.1 Å². The molecule has 2 heterocycles. The Morgan fingerprint density at radius 2 is 2.24 bits per heavy atom. The van der Waals surface area contributed by atoms with Crippen molar-refractivity contribution in [3.05, 3.63) is 24.2 Å². The quantitative estimate of drug-likeness (QED) is 0.576. The normalized spacial score (nSPS) is 14.8. The average molecular weight is 239 g/mol. The molecule has 17 heavy (non-hydrogen) atoms. The summed E-state index contributed by atoms with van der Waals surface area (Å²) in [5.74, 6) is 0.448. The number of aromatic amines is 1. The number of rotatable bonds is 5. The molecule has 2 unspecified atom stereocenters. The number of nitrogens with zero attached hydrogens (tertiary/aromatic N) is 2. The lowest BCUT2D eigenvalue weighted by molar-refractivity contribution is 0.00216. The smallest absolute Gasteiger partial charge is 0.159 e. The number of hydrogen-bond donors (Lipinski definition) is 4. The first-order chi connectivity index (χ1) is 8.22. The molecule has 0 aliphatic carbocycles. The van der Waals surface area contributed by atoms with Crippen LogP contribution in [0.25, 0.3) is 11.5 Å². The SMILES string of the molecule is OCCC(O)C(O)c1cnc(-c2ccon2)[nH]1. The van der Waals surface area contributed by atoms with Gasteiger partial charge < -0.3 is 24.8 Å². The van der Waals surface area contributed by atoms with Gasteiger partial charge in [0, 0.05) is 12.7 Å². The summed E-state index contributed by atoms with van der Waals surface area (Å²) in [6, 6.07) is 1.62. The van der Waals surface area contributed by atoms with Crippen LogP contribution in [0.3, 0.4) is 0 Å². The summed E-state index contributed by atoms with van der Waals surface area (Å²) in [6.45, 7) is -0.192. The van der Waals surface area contributed by atoms with Crippen LogP contribution in [0.4, 0.5) is 0 Å². The van der Waals surface area contributed by atoms with E-state index in [1.165, 1.54) is 12.5 Å². The highest BCUT2D eigenvalue weighted by atomic mass is 16.5. The molecule has 0 radical (unpaired) electrons. The van der Waals surface area contributed by atoms with Crippen LogP contribution in [0.5, 0.6) is 0 Å². The topological polar surface area (TPSA) is 115 Å². The predicted octanol–water partition coefficient (Wildman–Crippen LogP) is -0.159. The van der Waals surface area contributed by atoms with Crippen LogP contribution >= 0.6 is 0 Å². The maximum absolute atomic E-state index is 9.75. The van der Waals surface area contributed by atoms with E-state index in [2.05, 4.69) is 19.6 Å². The van der Waals surface area contributed by atoms with Crippen molar-refractivity contribution in [1.29, 1.82) is 0 Å². The second kappa shape index (κ2) is 5.09. The Balaban J connectivity index is 2.13. The van der Waals surface area contributed by atoms with E-state index in [-0.39, 0.29) is 13.0 Å². The first-order valence-corrected chi connectivity index (χ1v) is 5.15. The third-order valence-electron chi connectivity index (χ3n) is 2.38. The van der Waals surface area contributed by atoms with Crippen LogP contribution in [0, 0.1) is 0 Å². The van der Waals surface area contributed by atoms with E-state index < -0.39 is 12.2 Å². The number of nitrogens with one attached hydrogen (secondary N) is 1. The second-order valence-electron chi connectivity index (χ2n) is 3.60. The molecule has 0 aliphatic heterocycles. The molecule has 7 nitrogen and oxygen atoms in total. The van der Waals surface area contributed by atoms with Crippen LogP contribution in [-0.4, -0.2) is 43.2 Å². The summed E-state index contributed by atoms with van der Waals surface area (Å²) in [4.78, 5) is 6.84. The average Bonchev–Trinajstić information content (AvgIpc) is 2.98. The van der Waals surface area contributed by atoms with Gasteiger partial charge in [-0.1, -0.05) is 5.16 Å². The maximum Gasteiger partial charge on any atom is 0.159 e. The largest absolute Gasteiger partial charge is 0.396 e. The summed E-state index contributed by atoms with van der Waals surface area (Å²) < 4.78 is 4.67. The molecule has 2 aromatic heterocycles. The fourth-order valence-electron chi connectivity index (χ4n) is 1.45. The van der Waals surface area contributed by atoms with Gasteiger partial charge in [0.15, 0.2) is 5.82 Å². The Morgan fingerprint density at radius 3 is 2.88 bits per heavy atom. The monoisotopic (exact) mass is 239 g/mol. The minimum atomic E-state index is -1.12. The van der Waals surface area contributed by atoms with Crippen LogP contribution in [0.1, 0.15) is 18.2 Å². The summed E-state index contributed by atoms with van der Waals surface area (Å²) in [6.07, 6.45) is 0.768. The van der Waals surface area contributed by atoms with Crippen LogP contribution in [-0.2, 0) is 0 Å². The van der Waals surface area contributed by atoms with E-state index in [9.17, 15) is 10.2 Å². The molecule has 2 aromatic rings. The third-order valence-corrected chi connectivity index (χ3v) is 2.38. The zero-order chi connectivity index (χ0) is 12.3. The molecule has 2 rings (SSSR count). The lowest BCUT2D eigenvalue weighted by Gasteiger charge is -2.14. The first kappa shape index (κ1) is 11.8. The standard InChI is InChI=1S/C10H13N3O4/c14-3-1-8(15)9(16)7-5-11-10(12-7)6-2-4-17-13-6/h2,4-5,8-9,14-16H,1,3H2,(H,11,12). The first-order valence-electron chi connectivity index (χ1n) is 5.15. The number of aromatic nitrogens is 3. The molecule has 0 saturated carbocycles. The Kier molecular flexibility index (Phi) is 3.52. The van der Waals surface area contributed by atoms with Crippen molar-refractivity contribution in [3.8, 4) is 11.5 Å². The number of aliphatic hydroxyl groups is 3. The van der Waals surface area contributed by atoms with Crippen molar-refractivity contribution in [2.24, 2.45) is 0 Å². The molecule has 2 atom stereocenters. The van der Waals surface area contributed by atoms with E-state index >= 15 is 0 Å². The number of H-pyrrole nitrogens is 1. The van der Waals surface area contributed by atoms with Crippen molar-refractivity contribution >= 4 is 0 Å². The van der Waals surface area contributed by atoms with E-state index in [0.717, 1.165) is 0 Å². The number of aliphatic hydroxyl groups excluding tert-OH is 3. The predicted molar refractivity (Wildman–Crippen MR) is 56.8 cm³/mol. The molecule has 0 amide bonds. The van der Waals surface area contributed by atoms with E-state index in [1.54, 1.807) is 6.07 Å². The Morgan fingerprint density at radius 1 is 1.41 bits per heavy atom. The molecule has 0 aromatic carbocycles. The van der Waals surface area contributed by atoms with Gasteiger partial charge in [-0.3, -0.25) is 0 Å². The molecule has 0 fully saturated rings. The molecule has 7 heteroatoms. The molecular formula is C10H13N3O4. The van der Waals surface area contributed by atoms with Crippen LogP contribution in [0.15, 0.2) is 23.0 Å². The maximum atomic E-state index is 9.75. The molecule has 0 saturated heterocycles. The Hall–Kier alpha value is -1.70. The van der Waals surface area contributed by atoms with E-state index in [1.807, 2.05) is 0 Å². The van der Waals surface area contributed by atoms with E-state index in [4.69, 9.17) is 5.11 Å². The molecule has 4 N–H and O–H groups in total. The molecular weight excluding hydrogens is 226 g/mol. The molecule has 0 aliphatic rings. The van der Waals surface area contributed by atoms with Gasteiger partial charge in [-0.15, -0.1) is 0 Å². The van der Waals surface area contributed by atoms with Crippen molar-refractivity contribution in [2.45, 2.75) is 18.6 Å². The van der Waals surface area contributed by atoms with Gasteiger partial charge in [0.25, 0.3) is 0 Å². The summed E-state index contributed by atoms with van der Waals surface area (Å²) in [5.41, 5.74) is 0.879. The van der Waals surface area contributed by atoms with Gasteiger partial charge in [-0.05, 0) is 6.42 Å². The van der Waals surface area contributed by atoms with Crippen molar-refractivity contribution in [1.82, 2.24) is 15.1 Å². The Bertz CT molecular complexity index is 454. The fourth-order valence-corrected chi connectivity index (χ4v) is 1.45. The zero-order valence-corrected chi connectivity index (χ0v) is 8.95. The highest BCUT2D eigenvalue weighted by molar-refractivity contribution is 5.47. The van der Waals surface area contributed by atoms with Crippen molar-refractivity contribution in [2.75, 3.05) is 6.61 Å². The summed E-state index contributed by atoms with van der Waals surface area (Å²) >= 11 is 0. The van der Waals surface area contributed by atoms with Gasteiger partial charge in [0.05, 0.1) is 18.0 Å². The lowest BCUT2D eigenvalue weighted by Crippen LogP contribution is -2.19. The second-order valence-corrected chi connectivity index (χ2v) is 3.60. The van der Waals surface area contributed by atoms with Gasteiger partial charge in [-0.2, -0.15) is 0 Å². The van der Waals surface area contributed by atoms with Gasteiger partial charge in [0.2, 0.25) is 0 Å². The van der Waals surface area contributed by atoms with Gasteiger partial charge >= 0.3 is 0 Å². The third kappa shape index (κ3) is 2.52.